The van der Waals surface area contributed by atoms with E-state index in [0.29, 0.717) is 12.0 Å². The van der Waals surface area contributed by atoms with E-state index in [4.69, 9.17) is 5.73 Å². The first kappa shape index (κ1) is 17.3. The van der Waals surface area contributed by atoms with E-state index < -0.39 is 52.0 Å². The van der Waals surface area contributed by atoms with Gasteiger partial charge in [0.1, 0.15) is 22.8 Å². The van der Waals surface area contributed by atoms with Gasteiger partial charge in [0, 0.05) is 17.9 Å². The number of rotatable bonds is 1. The number of primary amides is 1. The van der Waals surface area contributed by atoms with Gasteiger partial charge >= 0.3 is 0 Å². The van der Waals surface area contributed by atoms with Crippen molar-refractivity contribution in [2.75, 3.05) is 0 Å². The van der Waals surface area contributed by atoms with Gasteiger partial charge in [0.05, 0.1) is 5.56 Å². The maximum atomic E-state index is 13.1. The molecule has 140 valence electrons. The number of aliphatic hydroxyl groups is 3. The second kappa shape index (κ2) is 5.43. The van der Waals surface area contributed by atoms with Crippen molar-refractivity contribution in [3.8, 4) is 5.75 Å². The number of nitrogens with two attached hydrogens (primary N) is 1. The lowest BCUT2D eigenvalue weighted by molar-refractivity contribution is -0.147. The second-order valence-corrected chi connectivity index (χ2v) is 7.22. The predicted molar refractivity (Wildman–Crippen MR) is 91.4 cm³/mol. The van der Waals surface area contributed by atoms with E-state index in [-0.39, 0.29) is 29.7 Å². The van der Waals surface area contributed by atoms with Crippen molar-refractivity contribution in [1.82, 2.24) is 0 Å². The molecule has 1 amide bonds. The molecule has 1 unspecified atom stereocenters. The molecule has 1 saturated carbocycles. The van der Waals surface area contributed by atoms with Crippen LogP contribution in [0.5, 0.6) is 5.75 Å². The quantitative estimate of drug-likeness (QED) is 0.448. The Kier molecular flexibility index (Phi) is 3.48. The molecule has 0 saturated heterocycles. The summed E-state index contributed by atoms with van der Waals surface area (Å²) < 4.78 is 0. The summed E-state index contributed by atoms with van der Waals surface area (Å²) in [6, 6.07) is 4.69. The van der Waals surface area contributed by atoms with Crippen molar-refractivity contribution in [3.63, 3.8) is 0 Å². The summed E-state index contributed by atoms with van der Waals surface area (Å²) in [6.07, 6.45) is 0.142. The molecule has 6 N–H and O–H groups in total. The van der Waals surface area contributed by atoms with E-state index in [1.165, 1.54) is 6.07 Å². The van der Waals surface area contributed by atoms with Gasteiger partial charge in [0.2, 0.25) is 5.78 Å². The van der Waals surface area contributed by atoms with Crippen molar-refractivity contribution in [2.24, 2.45) is 17.6 Å². The van der Waals surface area contributed by atoms with Gasteiger partial charge in [-0.15, -0.1) is 0 Å². The smallest absolute Gasteiger partial charge is 0.255 e. The zero-order chi connectivity index (χ0) is 19.7. The molecular formula is C19H17NO7. The molecule has 1 fully saturated rings. The lowest BCUT2D eigenvalue weighted by Crippen LogP contribution is -2.58. The molecule has 0 radical (unpaired) electrons. The van der Waals surface area contributed by atoms with Gasteiger partial charge in [0.25, 0.3) is 5.91 Å². The number of phenols is 1. The molecule has 27 heavy (non-hydrogen) atoms. The first-order valence-electron chi connectivity index (χ1n) is 8.46. The van der Waals surface area contributed by atoms with Crippen LogP contribution in [0.4, 0.5) is 0 Å². The summed E-state index contributed by atoms with van der Waals surface area (Å²) in [4.78, 5) is 36.8. The highest BCUT2D eigenvalue weighted by Crippen LogP contribution is 2.51. The molecule has 8 nitrogen and oxygen atoms in total. The molecule has 0 aromatic heterocycles. The molecule has 3 atom stereocenters. The highest BCUT2D eigenvalue weighted by molar-refractivity contribution is 6.22. The van der Waals surface area contributed by atoms with E-state index in [1.54, 1.807) is 12.1 Å². The number of aliphatic hydroxyl groups excluding tert-OH is 2. The van der Waals surface area contributed by atoms with Crippen molar-refractivity contribution in [2.45, 2.75) is 24.9 Å². The maximum Gasteiger partial charge on any atom is 0.255 e. The van der Waals surface area contributed by atoms with Crippen LogP contribution in [0.2, 0.25) is 0 Å². The minimum atomic E-state index is -2.51. The molecular weight excluding hydrogens is 354 g/mol. The zero-order valence-electron chi connectivity index (χ0n) is 14.1. The number of carbonyl (C=O) groups excluding carboxylic acids is 3. The van der Waals surface area contributed by atoms with Crippen LogP contribution in [0.3, 0.4) is 0 Å². The average molecular weight is 371 g/mol. The SMILES string of the molecule is NC(=O)C1=C(O)[C@@]2(O)C(=O)C3=C(O)c4c(O)cccc4CC3C[C@H]2CC1=O. The van der Waals surface area contributed by atoms with Gasteiger partial charge in [-0.1, -0.05) is 12.1 Å². The summed E-state index contributed by atoms with van der Waals surface area (Å²) in [5, 5.41) is 42.1. The molecule has 3 aliphatic rings. The zero-order valence-corrected chi connectivity index (χ0v) is 14.1. The number of fused-ring (bicyclic) bond motifs is 3. The van der Waals surface area contributed by atoms with Crippen molar-refractivity contribution >= 4 is 23.2 Å². The Morgan fingerprint density at radius 3 is 2.52 bits per heavy atom. The lowest BCUT2D eigenvalue weighted by Gasteiger charge is -2.46. The Labute approximate surface area is 153 Å². The summed E-state index contributed by atoms with van der Waals surface area (Å²) in [6.45, 7) is 0. The predicted octanol–water partition coefficient (Wildman–Crippen LogP) is 0.424. The Morgan fingerprint density at radius 1 is 1.15 bits per heavy atom. The van der Waals surface area contributed by atoms with Gasteiger partial charge in [0.15, 0.2) is 11.4 Å². The minimum absolute atomic E-state index is 0.102. The molecule has 3 aliphatic carbocycles. The lowest BCUT2D eigenvalue weighted by atomic mass is 9.59. The van der Waals surface area contributed by atoms with E-state index >= 15 is 0 Å². The van der Waals surface area contributed by atoms with E-state index in [0.717, 1.165) is 0 Å². The Hall–Kier alpha value is -3.13. The Balaban J connectivity index is 1.93. The molecule has 1 aromatic carbocycles. The van der Waals surface area contributed by atoms with E-state index in [9.17, 15) is 34.8 Å². The van der Waals surface area contributed by atoms with Crippen molar-refractivity contribution in [3.05, 3.63) is 46.2 Å². The number of aromatic hydroxyl groups is 1. The minimum Gasteiger partial charge on any atom is -0.508 e. The van der Waals surface area contributed by atoms with Gasteiger partial charge in [-0.3, -0.25) is 14.4 Å². The van der Waals surface area contributed by atoms with Gasteiger partial charge in [-0.25, -0.2) is 0 Å². The number of ketones is 2. The second-order valence-electron chi connectivity index (χ2n) is 7.22. The fourth-order valence-corrected chi connectivity index (χ4v) is 4.56. The topological polar surface area (TPSA) is 158 Å². The van der Waals surface area contributed by atoms with Crippen LogP contribution in [-0.4, -0.2) is 43.5 Å². The molecule has 0 aliphatic heterocycles. The highest BCUT2D eigenvalue weighted by Gasteiger charge is 2.60. The van der Waals surface area contributed by atoms with Crippen LogP contribution >= 0.6 is 0 Å². The van der Waals surface area contributed by atoms with Crippen LogP contribution in [0.15, 0.2) is 35.1 Å². The summed E-state index contributed by atoms with van der Waals surface area (Å²) in [5.74, 6) is -6.14. The summed E-state index contributed by atoms with van der Waals surface area (Å²) >= 11 is 0. The third kappa shape index (κ3) is 2.10. The molecule has 8 heteroatoms. The number of phenolic OH excluding ortho intramolecular Hbond substituents is 1. The van der Waals surface area contributed by atoms with Crippen LogP contribution in [0.25, 0.3) is 5.76 Å². The summed E-state index contributed by atoms with van der Waals surface area (Å²) in [5.41, 5.74) is 2.42. The number of amides is 1. The Morgan fingerprint density at radius 2 is 1.85 bits per heavy atom. The first-order valence-corrected chi connectivity index (χ1v) is 8.46. The van der Waals surface area contributed by atoms with E-state index in [1.807, 2.05) is 0 Å². The van der Waals surface area contributed by atoms with Gasteiger partial charge < -0.3 is 26.2 Å². The Bertz CT molecular complexity index is 990. The number of carbonyl (C=O) groups is 3. The third-order valence-corrected chi connectivity index (χ3v) is 5.80. The normalized spacial score (nSPS) is 30.0. The standard InChI is InChI=1S/C19H17NO7/c20-18(26)14-11(22)6-9-5-8-4-7-2-1-3-10(21)12(7)15(23)13(8)16(24)19(9,27)17(14)25/h1-3,8-9,21,23,25,27H,4-6H2,(H2,20,26)/t8?,9-,19-/m0/s1. The highest BCUT2D eigenvalue weighted by atomic mass is 16.3. The summed E-state index contributed by atoms with van der Waals surface area (Å²) in [7, 11) is 0. The third-order valence-electron chi connectivity index (χ3n) is 5.80. The largest absolute Gasteiger partial charge is 0.508 e. The molecule has 4 rings (SSSR count). The number of hydrogen-bond acceptors (Lipinski definition) is 7. The van der Waals surface area contributed by atoms with Crippen LogP contribution < -0.4 is 5.73 Å². The fraction of sp³-hybridized carbons (Fsp3) is 0.316. The number of benzene rings is 1. The van der Waals surface area contributed by atoms with Gasteiger partial charge in [-0.05, 0) is 30.4 Å². The average Bonchev–Trinajstić information content (AvgIpc) is 2.57. The number of hydrogen-bond donors (Lipinski definition) is 5. The van der Waals surface area contributed by atoms with Crippen LogP contribution in [-0.2, 0) is 20.8 Å². The van der Waals surface area contributed by atoms with Crippen molar-refractivity contribution in [1.29, 1.82) is 0 Å². The van der Waals surface area contributed by atoms with Gasteiger partial charge in [-0.2, -0.15) is 0 Å². The van der Waals surface area contributed by atoms with Crippen LogP contribution in [0.1, 0.15) is 24.0 Å². The fourth-order valence-electron chi connectivity index (χ4n) is 4.56. The number of Topliss-reactive ketones (excluding diaryl/α,β-unsaturated/α-hetero) is 2. The van der Waals surface area contributed by atoms with Crippen molar-refractivity contribution < 1.29 is 34.8 Å². The molecule has 0 heterocycles. The molecule has 0 bridgehead atoms. The molecule has 0 spiro atoms. The monoisotopic (exact) mass is 371 g/mol. The maximum absolute atomic E-state index is 13.1. The van der Waals surface area contributed by atoms with E-state index in [2.05, 4.69) is 0 Å². The van der Waals surface area contributed by atoms with Crippen LogP contribution in [0, 0.1) is 11.8 Å². The molecule has 1 aromatic rings. The first-order chi connectivity index (χ1) is 12.7.